The number of rotatable bonds is 4. The number of ether oxygens (including phenoxy) is 1. The minimum absolute atomic E-state index is 0.0893. The lowest BCUT2D eigenvalue weighted by molar-refractivity contribution is -0.130. The zero-order valence-corrected chi connectivity index (χ0v) is 12.1. The van der Waals surface area contributed by atoms with Crippen LogP contribution in [-0.4, -0.2) is 47.8 Å². The number of nitrogens with one attached hydrogen (secondary N) is 1. The number of aromatic carboxylic acids is 1. The molecule has 0 bridgehead atoms. The molecule has 116 valence electrons. The molecular weight excluding hydrogens is 290 g/mol. The Hall–Kier alpha value is -2.90. The van der Waals surface area contributed by atoms with E-state index in [1.807, 2.05) is 0 Å². The molecule has 0 aliphatic carbocycles. The zero-order valence-electron chi connectivity index (χ0n) is 12.1. The van der Waals surface area contributed by atoms with Crippen LogP contribution in [0.5, 0.6) is 5.75 Å². The molecule has 0 spiro atoms. The van der Waals surface area contributed by atoms with Crippen LogP contribution >= 0.6 is 0 Å². The van der Waals surface area contributed by atoms with Crippen LogP contribution in [0.25, 0.3) is 0 Å². The number of hydrogen-bond donors (Lipinski definition) is 2. The summed E-state index contributed by atoms with van der Waals surface area (Å²) in [5, 5.41) is 16.7. The molecule has 2 rings (SSSR count). The third-order valence-electron chi connectivity index (χ3n) is 3.17. The van der Waals surface area contributed by atoms with Gasteiger partial charge in [0.15, 0.2) is 0 Å². The van der Waals surface area contributed by atoms with Crippen LogP contribution in [0.15, 0.2) is 23.3 Å². The predicted octanol–water partition coefficient (Wildman–Crippen LogP) is 0.940. The summed E-state index contributed by atoms with van der Waals surface area (Å²) in [6, 6.07) is 4.30. The van der Waals surface area contributed by atoms with Crippen LogP contribution < -0.4 is 10.1 Å². The molecule has 0 radical (unpaired) electrons. The monoisotopic (exact) mass is 305 g/mol. The lowest BCUT2D eigenvalue weighted by atomic mass is 10.1. The maximum Gasteiger partial charge on any atom is 0.337 e. The Morgan fingerprint density at radius 3 is 2.68 bits per heavy atom. The number of hydrogen-bond acceptors (Lipinski definition) is 5. The van der Waals surface area contributed by atoms with Crippen molar-refractivity contribution in [2.45, 2.75) is 12.8 Å². The van der Waals surface area contributed by atoms with Crippen molar-refractivity contribution in [1.29, 1.82) is 0 Å². The number of benzene rings is 1. The molecule has 0 unspecified atom stereocenters. The molecule has 0 fully saturated rings. The number of carbonyl (C=O) groups is 3. The van der Waals surface area contributed by atoms with Gasteiger partial charge in [0, 0.05) is 19.9 Å². The molecule has 22 heavy (non-hydrogen) atoms. The highest BCUT2D eigenvalue weighted by Gasteiger charge is 2.23. The second kappa shape index (κ2) is 6.25. The number of carboxylic acid groups (broad SMARTS) is 1. The van der Waals surface area contributed by atoms with Crippen molar-refractivity contribution in [3.05, 3.63) is 23.8 Å². The molecule has 1 aromatic rings. The summed E-state index contributed by atoms with van der Waals surface area (Å²) >= 11 is 0. The largest absolute Gasteiger partial charge is 0.497 e. The molecule has 1 heterocycles. The maximum absolute atomic E-state index is 12.1. The van der Waals surface area contributed by atoms with Crippen molar-refractivity contribution in [3.8, 4) is 5.75 Å². The SMILES string of the molecule is COc1ccc(NC(=O)C2=NN(C)C(=O)CC2)c(C(=O)O)c1. The number of anilines is 1. The van der Waals surface area contributed by atoms with Crippen LogP contribution in [-0.2, 0) is 9.59 Å². The molecule has 0 atom stereocenters. The van der Waals surface area contributed by atoms with Gasteiger partial charge in [-0.1, -0.05) is 0 Å². The first-order valence-corrected chi connectivity index (χ1v) is 6.49. The fourth-order valence-corrected chi connectivity index (χ4v) is 1.96. The predicted molar refractivity (Wildman–Crippen MR) is 78.0 cm³/mol. The van der Waals surface area contributed by atoms with Crippen LogP contribution in [0.3, 0.4) is 0 Å². The van der Waals surface area contributed by atoms with E-state index in [1.54, 1.807) is 6.07 Å². The van der Waals surface area contributed by atoms with Crippen molar-refractivity contribution >= 4 is 29.2 Å². The summed E-state index contributed by atoms with van der Waals surface area (Å²) in [6.07, 6.45) is 0.407. The number of hydrazone groups is 1. The first kappa shape index (κ1) is 15.5. The maximum atomic E-state index is 12.1. The van der Waals surface area contributed by atoms with E-state index in [-0.39, 0.29) is 35.7 Å². The molecule has 1 aromatic carbocycles. The third-order valence-corrected chi connectivity index (χ3v) is 3.17. The van der Waals surface area contributed by atoms with E-state index in [1.165, 1.54) is 26.3 Å². The number of carboxylic acids is 1. The Morgan fingerprint density at radius 2 is 2.09 bits per heavy atom. The summed E-state index contributed by atoms with van der Waals surface area (Å²) in [5.74, 6) is -1.53. The summed E-state index contributed by atoms with van der Waals surface area (Å²) < 4.78 is 4.96. The molecule has 0 saturated carbocycles. The van der Waals surface area contributed by atoms with Crippen molar-refractivity contribution in [1.82, 2.24) is 5.01 Å². The minimum atomic E-state index is -1.19. The van der Waals surface area contributed by atoms with Gasteiger partial charge in [0.2, 0.25) is 5.91 Å². The third kappa shape index (κ3) is 3.22. The molecule has 1 aliphatic heterocycles. The Labute approximate surface area is 126 Å². The van der Waals surface area contributed by atoms with Gasteiger partial charge < -0.3 is 15.2 Å². The van der Waals surface area contributed by atoms with Gasteiger partial charge in [0.25, 0.3) is 5.91 Å². The van der Waals surface area contributed by atoms with Gasteiger partial charge in [-0.25, -0.2) is 9.80 Å². The second-order valence-corrected chi connectivity index (χ2v) is 4.63. The van der Waals surface area contributed by atoms with E-state index < -0.39 is 11.9 Å². The second-order valence-electron chi connectivity index (χ2n) is 4.63. The van der Waals surface area contributed by atoms with Crippen molar-refractivity contribution in [2.75, 3.05) is 19.5 Å². The van der Waals surface area contributed by atoms with Gasteiger partial charge in [-0.3, -0.25) is 9.59 Å². The average Bonchev–Trinajstić information content (AvgIpc) is 2.50. The van der Waals surface area contributed by atoms with E-state index in [0.29, 0.717) is 5.75 Å². The van der Waals surface area contributed by atoms with E-state index in [0.717, 1.165) is 5.01 Å². The highest BCUT2D eigenvalue weighted by molar-refractivity contribution is 6.43. The number of nitrogens with zero attached hydrogens (tertiary/aromatic N) is 2. The van der Waals surface area contributed by atoms with Gasteiger partial charge in [-0.2, -0.15) is 5.10 Å². The normalized spacial score (nSPS) is 14.4. The standard InChI is InChI=1S/C14H15N3O5/c1-17-12(18)6-5-11(16-17)13(19)15-10-4-3-8(22-2)7-9(10)14(20)21/h3-4,7H,5-6H2,1-2H3,(H,15,19)(H,20,21). The van der Waals surface area contributed by atoms with Crippen LogP contribution in [0, 0.1) is 0 Å². The highest BCUT2D eigenvalue weighted by Crippen LogP contribution is 2.22. The smallest absolute Gasteiger partial charge is 0.337 e. The molecule has 8 heteroatoms. The minimum Gasteiger partial charge on any atom is -0.497 e. The first-order valence-electron chi connectivity index (χ1n) is 6.49. The van der Waals surface area contributed by atoms with Crippen molar-refractivity contribution in [3.63, 3.8) is 0 Å². The fourth-order valence-electron chi connectivity index (χ4n) is 1.96. The lowest BCUT2D eigenvalue weighted by Gasteiger charge is -2.19. The molecular formula is C14H15N3O5. The molecule has 2 N–H and O–H groups in total. The Bertz CT molecular complexity index is 668. The summed E-state index contributed by atoms with van der Waals surface area (Å²) in [4.78, 5) is 34.7. The number of carbonyl (C=O) groups excluding carboxylic acids is 2. The fraction of sp³-hybridized carbons (Fsp3) is 0.286. The van der Waals surface area contributed by atoms with Crippen LogP contribution in [0.4, 0.5) is 5.69 Å². The summed E-state index contributed by atoms with van der Waals surface area (Å²) in [6.45, 7) is 0. The molecule has 2 amide bonds. The average molecular weight is 305 g/mol. The number of amides is 2. The zero-order chi connectivity index (χ0) is 16.3. The topological polar surface area (TPSA) is 108 Å². The van der Waals surface area contributed by atoms with E-state index in [2.05, 4.69) is 10.4 Å². The number of methoxy groups -OCH3 is 1. The Morgan fingerprint density at radius 1 is 1.36 bits per heavy atom. The quantitative estimate of drug-likeness (QED) is 0.860. The molecule has 8 nitrogen and oxygen atoms in total. The van der Waals surface area contributed by atoms with Gasteiger partial charge in [-0.05, 0) is 18.2 Å². The van der Waals surface area contributed by atoms with Gasteiger partial charge >= 0.3 is 5.97 Å². The molecule has 0 saturated heterocycles. The molecule has 1 aliphatic rings. The van der Waals surface area contributed by atoms with Crippen molar-refractivity contribution < 1.29 is 24.2 Å². The van der Waals surface area contributed by atoms with Gasteiger partial charge in [0.05, 0.1) is 18.4 Å². The van der Waals surface area contributed by atoms with Crippen LogP contribution in [0.2, 0.25) is 0 Å². The van der Waals surface area contributed by atoms with Gasteiger partial charge in [0.1, 0.15) is 11.5 Å². The first-order chi connectivity index (χ1) is 10.4. The van der Waals surface area contributed by atoms with Gasteiger partial charge in [-0.15, -0.1) is 0 Å². The Balaban J connectivity index is 2.23. The Kier molecular flexibility index (Phi) is 4.40. The lowest BCUT2D eigenvalue weighted by Crippen LogP contribution is -2.34. The van der Waals surface area contributed by atoms with Crippen LogP contribution in [0.1, 0.15) is 23.2 Å². The highest BCUT2D eigenvalue weighted by atomic mass is 16.5. The van der Waals surface area contributed by atoms with E-state index >= 15 is 0 Å². The van der Waals surface area contributed by atoms with E-state index in [9.17, 15) is 19.5 Å². The van der Waals surface area contributed by atoms with E-state index in [4.69, 9.17) is 4.74 Å². The summed E-state index contributed by atoms with van der Waals surface area (Å²) in [7, 11) is 2.88. The molecule has 0 aromatic heterocycles. The van der Waals surface area contributed by atoms with Crippen molar-refractivity contribution in [2.24, 2.45) is 5.10 Å². The summed E-state index contributed by atoms with van der Waals surface area (Å²) in [5.41, 5.74) is 0.225.